The molecular weight excluding hydrogens is 1030 g/mol. The van der Waals surface area contributed by atoms with Crippen LogP contribution in [0.15, 0.2) is 246 Å². The average molecular weight is 1080 g/mol. The lowest BCUT2D eigenvalue weighted by atomic mass is 9.35. The molecule has 0 saturated heterocycles. The number of nitrogens with two attached hydrogens (primary N) is 4. The van der Waals surface area contributed by atoms with Crippen LogP contribution in [0.25, 0.3) is 44.5 Å². The Morgan fingerprint density at radius 1 is 0.397 bits per heavy atom. The highest BCUT2D eigenvalue weighted by atomic mass is 79.9. The first-order valence-electron chi connectivity index (χ1n) is 24.0. The molecule has 0 aliphatic carbocycles. The molecule has 10 aromatic rings. The third-order valence-electron chi connectivity index (χ3n) is 13.1. The molecule has 12 rings (SSSR count). The Kier molecular flexibility index (Phi) is 16.0. The summed E-state index contributed by atoms with van der Waals surface area (Å²) in [5.41, 5.74) is 44.5. The fraction of sp³-hybridized carbons (Fsp3) is 0.0164. The Morgan fingerprint density at radius 3 is 1.32 bits per heavy atom. The maximum absolute atomic E-state index is 8.58. The molecule has 0 saturated carbocycles. The van der Waals surface area contributed by atoms with Crippen molar-refractivity contribution < 1.29 is 10.0 Å². The van der Waals surface area contributed by atoms with Crippen LogP contribution in [-0.4, -0.2) is 30.7 Å². The molecule has 10 aromatic carbocycles. The van der Waals surface area contributed by atoms with Crippen LogP contribution < -0.4 is 55.5 Å². The van der Waals surface area contributed by atoms with Crippen LogP contribution in [-0.2, 0) is 6.32 Å². The van der Waals surface area contributed by atoms with E-state index < -0.39 is 7.12 Å². The molecular formula is C61H52B3Br2N5O2. The molecule has 11 N–H and O–H groups in total. The molecule has 7 nitrogen and oxygen atoms in total. The normalized spacial score (nSPS) is 11.5. The van der Waals surface area contributed by atoms with Crippen LogP contribution >= 0.6 is 31.9 Å². The fourth-order valence-electron chi connectivity index (χ4n) is 9.47. The highest BCUT2D eigenvalue weighted by Gasteiger charge is 2.33. The minimum absolute atomic E-state index is 0.152. The number of anilines is 5. The first kappa shape index (κ1) is 50.2. The summed E-state index contributed by atoms with van der Waals surface area (Å²) in [5.74, 6) is 0. The zero-order chi connectivity index (χ0) is 50.8. The molecule has 0 spiro atoms. The van der Waals surface area contributed by atoms with Gasteiger partial charge in [-0.1, -0.05) is 217 Å². The highest BCUT2D eigenvalue weighted by Crippen LogP contribution is 2.40. The van der Waals surface area contributed by atoms with Gasteiger partial charge in [0.05, 0.1) is 0 Å². The molecule has 0 radical (unpaired) electrons. The molecule has 0 amide bonds. The molecule has 356 valence electrons. The molecule has 0 bridgehead atoms. The molecule has 73 heavy (non-hydrogen) atoms. The minimum Gasteiger partial charge on any atom is -0.423 e. The first-order valence-corrected chi connectivity index (χ1v) is 25.6. The zero-order valence-corrected chi connectivity index (χ0v) is 43.1. The van der Waals surface area contributed by atoms with Crippen molar-refractivity contribution >= 4 is 108 Å². The minimum atomic E-state index is -1.34. The first-order chi connectivity index (χ1) is 35.5. The molecule has 2 heterocycles. The Labute approximate surface area is 445 Å². The van der Waals surface area contributed by atoms with Crippen LogP contribution in [0, 0.1) is 0 Å². The van der Waals surface area contributed by atoms with Gasteiger partial charge in [0.15, 0.2) is 0 Å². The zero-order valence-electron chi connectivity index (χ0n) is 39.9. The molecule has 0 fully saturated rings. The average Bonchev–Trinajstić information content (AvgIpc) is 3.44. The summed E-state index contributed by atoms with van der Waals surface area (Å²) in [6, 6.07) is 80.6. The smallest absolute Gasteiger partial charge is 0.423 e. The van der Waals surface area contributed by atoms with E-state index in [4.69, 9.17) is 33.0 Å². The number of hydrogen-bond acceptors (Lipinski definition) is 7. The van der Waals surface area contributed by atoms with Gasteiger partial charge in [-0.2, -0.15) is 0 Å². The van der Waals surface area contributed by atoms with Crippen molar-refractivity contribution in [3.63, 3.8) is 0 Å². The predicted octanol–water partition coefficient (Wildman–Crippen LogP) is 10.2. The van der Waals surface area contributed by atoms with E-state index in [1.807, 2.05) is 78.9 Å². The lowest BCUT2D eigenvalue weighted by Crippen LogP contribution is -2.52. The number of halogens is 2. The molecule has 2 aliphatic rings. The van der Waals surface area contributed by atoms with Crippen LogP contribution in [0.1, 0.15) is 5.56 Å². The summed E-state index contributed by atoms with van der Waals surface area (Å²) in [6.07, 6.45) is 1.02. The lowest BCUT2D eigenvalue weighted by Gasteiger charge is -2.32. The number of rotatable bonds is 5. The lowest BCUT2D eigenvalue weighted by molar-refractivity contribution is 0.426. The Hall–Kier alpha value is -7.73. The van der Waals surface area contributed by atoms with Gasteiger partial charge in [-0.15, -0.1) is 0 Å². The number of benzene rings is 10. The predicted molar refractivity (Wildman–Crippen MR) is 321 cm³/mol. The van der Waals surface area contributed by atoms with E-state index in [0.29, 0.717) is 23.6 Å². The fourth-order valence-corrected chi connectivity index (χ4v) is 10.2. The second-order valence-electron chi connectivity index (χ2n) is 17.8. The molecule has 2 aliphatic heterocycles. The summed E-state index contributed by atoms with van der Waals surface area (Å²) in [5, 5.41) is 21.1. The monoisotopic (exact) mass is 1080 g/mol. The van der Waals surface area contributed by atoms with Crippen LogP contribution in [0.4, 0.5) is 28.4 Å². The maximum Gasteiger partial charge on any atom is 0.488 e. The number of nitrogens with one attached hydrogen (secondary N) is 1. The summed E-state index contributed by atoms with van der Waals surface area (Å²) >= 11 is 6.51. The number of hydrogen-bond donors (Lipinski definition) is 7. The van der Waals surface area contributed by atoms with E-state index in [2.05, 4.69) is 158 Å². The third kappa shape index (κ3) is 11.7. The van der Waals surface area contributed by atoms with Crippen molar-refractivity contribution in [1.82, 2.24) is 0 Å². The molecule has 0 unspecified atom stereocenters. The Morgan fingerprint density at radius 2 is 0.822 bits per heavy atom. The van der Waals surface area contributed by atoms with E-state index >= 15 is 0 Å². The SMILES string of the molecule is Nc1cc(-c2ccccc2)c(N)cc1-c1ccccc1.Nc1cc(Br)c(N)cc1Br.OB(O)c1ccccc1.c1ccc(B2Cc3cc4c(cc3-c3ccccc32)NB(c2ccccc2)c2ccccc2-4)cc1. The van der Waals surface area contributed by atoms with Gasteiger partial charge in [0.2, 0.25) is 6.71 Å². The quantitative estimate of drug-likeness (QED) is 0.0668. The van der Waals surface area contributed by atoms with E-state index in [0.717, 1.165) is 48.9 Å². The van der Waals surface area contributed by atoms with Crippen LogP contribution in [0.5, 0.6) is 0 Å². The van der Waals surface area contributed by atoms with Crippen molar-refractivity contribution in [1.29, 1.82) is 0 Å². The summed E-state index contributed by atoms with van der Waals surface area (Å²) in [6.45, 7) is 0.533. The van der Waals surface area contributed by atoms with Gasteiger partial charge >= 0.3 is 14.0 Å². The van der Waals surface area contributed by atoms with Crippen molar-refractivity contribution in [2.24, 2.45) is 0 Å². The summed E-state index contributed by atoms with van der Waals surface area (Å²) in [4.78, 5) is 0. The van der Waals surface area contributed by atoms with Crippen molar-refractivity contribution in [2.75, 3.05) is 28.2 Å². The van der Waals surface area contributed by atoms with Crippen molar-refractivity contribution in [3.05, 3.63) is 251 Å². The third-order valence-corrected chi connectivity index (χ3v) is 14.5. The standard InChI is InChI=1S/C31H23B2N.C18H16N2.C6H7BO2.C6H6Br2N2/c1-3-11-23(12-4-1)32-21-22-19-28-26-16-8-10-18-30(26)33(24-13-5-2-6-14-24)34-31(28)20-27(22)25-15-7-9-17-29(25)32;19-17-12-16(14-9-5-2-6-10-14)18(20)11-15(17)13-7-3-1-4-8-13;8-7(9)6-4-2-1-3-5-6;7-3-1-5(9)4(8)2-6(3)10/h1-20,34H,21H2;1-12H,19-20H2;1-5,8-9H;1-2H,9-10H2. The van der Waals surface area contributed by atoms with Gasteiger partial charge in [-0.3, -0.25) is 0 Å². The van der Waals surface area contributed by atoms with Crippen molar-refractivity contribution in [2.45, 2.75) is 6.32 Å². The summed E-state index contributed by atoms with van der Waals surface area (Å²) in [7, 11) is -1.34. The number of fused-ring (bicyclic) bond motifs is 6. The van der Waals surface area contributed by atoms with Gasteiger partial charge in [0.25, 0.3) is 0 Å². The van der Waals surface area contributed by atoms with Gasteiger partial charge in [0, 0.05) is 54.1 Å². The van der Waals surface area contributed by atoms with E-state index in [-0.39, 0.29) is 6.85 Å². The van der Waals surface area contributed by atoms with Crippen LogP contribution in [0.2, 0.25) is 0 Å². The second-order valence-corrected chi connectivity index (χ2v) is 19.5. The Balaban J connectivity index is 0.000000141. The molecule has 0 atom stereocenters. The van der Waals surface area contributed by atoms with E-state index in [1.165, 1.54) is 55.4 Å². The topological polar surface area (TPSA) is 157 Å². The van der Waals surface area contributed by atoms with Gasteiger partial charge in [0.1, 0.15) is 0 Å². The van der Waals surface area contributed by atoms with Crippen molar-refractivity contribution in [3.8, 4) is 44.5 Å². The molecule has 12 heteroatoms. The summed E-state index contributed by atoms with van der Waals surface area (Å²) < 4.78 is 1.65. The Bertz CT molecular complexity index is 3240. The maximum atomic E-state index is 8.58. The van der Waals surface area contributed by atoms with E-state index in [9.17, 15) is 0 Å². The molecule has 0 aromatic heterocycles. The number of nitrogen functional groups attached to an aromatic ring is 4. The second kappa shape index (κ2) is 23.2. The van der Waals surface area contributed by atoms with Gasteiger partial charge < -0.3 is 38.2 Å². The van der Waals surface area contributed by atoms with Gasteiger partial charge in [-0.05, 0) is 119 Å². The highest BCUT2D eigenvalue weighted by molar-refractivity contribution is 9.11. The largest absolute Gasteiger partial charge is 0.488 e. The van der Waals surface area contributed by atoms with Gasteiger partial charge in [-0.25, -0.2) is 0 Å². The van der Waals surface area contributed by atoms with E-state index in [1.54, 1.807) is 36.4 Å². The van der Waals surface area contributed by atoms with Crippen LogP contribution in [0.3, 0.4) is 0 Å².